The minimum atomic E-state index is 0.868. The average molecular weight is 396 g/mol. The summed E-state index contributed by atoms with van der Waals surface area (Å²) in [5, 5.41) is 3.30. The number of thiazole rings is 1. The second-order valence-electron chi connectivity index (χ2n) is 6.79. The van der Waals surface area contributed by atoms with Gasteiger partial charge in [0.05, 0.1) is 32.1 Å². The molecule has 1 saturated heterocycles. The Bertz CT molecular complexity index is 902. The molecule has 0 spiro atoms. The summed E-state index contributed by atoms with van der Waals surface area (Å²) >= 11 is 1.73. The summed E-state index contributed by atoms with van der Waals surface area (Å²) in [7, 11) is 3.42. The molecule has 0 radical (unpaired) electrons. The van der Waals surface area contributed by atoms with Crippen LogP contribution in [0.15, 0.2) is 53.9 Å². The zero-order valence-electron chi connectivity index (χ0n) is 16.3. The van der Waals surface area contributed by atoms with E-state index in [1.165, 1.54) is 5.69 Å². The van der Waals surface area contributed by atoms with Crippen molar-refractivity contribution in [3.8, 4) is 22.8 Å². The molecule has 0 unspecified atom stereocenters. The van der Waals surface area contributed by atoms with Gasteiger partial charge in [0, 0.05) is 37.1 Å². The predicted molar refractivity (Wildman–Crippen MR) is 115 cm³/mol. The molecule has 4 rings (SSSR count). The molecule has 5 nitrogen and oxygen atoms in total. The van der Waals surface area contributed by atoms with Crippen LogP contribution < -0.4 is 14.4 Å². The highest BCUT2D eigenvalue weighted by Gasteiger charge is 2.20. The van der Waals surface area contributed by atoms with Gasteiger partial charge in [-0.05, 0) is 36.4 Å². The minimum Gasteiger partial charge on any atom is -0.497 e. The molecule has 0 atom stereocenters. The SMILES string of the molecule is COc1ccc(-c2csc(CN3CCN(c4ccccc4OC)CC3)n2)cc1. The van der Waals surface area contributed by atoms with Crippen LogP contribution >= 0.6 is 11.3 Å². The minimum absolute atomic E-state index is 0.868. The van der Waals surface area contributed by atoms with Gasteiger partial charge in [0.2, 0.25) is 0 Å². The highest BCUT2D eigenvalue weighted by atomic mass is 32.1. The zero-order chi connectivity index (χ0) is 19.3. The lowest BCUT2D eigenvalue weighted by molar-refractivity contribution is 0.249. The summed E-state index contributed by atoms with van der Waals surface area (Å²) in [6, 6.07) is 16.3. The van der Waals surface area contributed by atoms with Gasteiger partial charge in [-0.1, -0.05) is 12.1 Å². The molecule has 0 N–H and O–H groups in total. The van der Waals surface area contributed by atoms with Crippen molar-refractivity contribution in [2.24, 2.45) is 0 Å². The molecule has 0 bridgehead atoms. The maximum atomic E-state index is 5.51. The fourth-order valence-corrected chi connectivity index (χ4v) is 4.35. The Morgan fingerprint density at radius 2 is 1.68 bits per heavy atom. The van der Waals surface area contributed by atoms with Gasteiger partial charge in [0.1, 0.15) is 16.5 Å². The van der Waals surface area contributed by atoms with Crippen molar-refractivity contribution in [2.75, 3.05) is 45.3 Å². The van der Waals surface area contributed by atoms with Gasteiger partial charge < -0.3 is 14.4 Å². The van der Waals surface area contributed by atoms with Gasteiger partial charge in [-0.3, -0.25) is 4.90 Å². The number of para-hydroxylation sites is 2. The molecule has 6 heteroatoms. The second-order valence-corrected chi connectivity index (χ2v) is 7.73. The average Bonchev–Trinajstić information content (AvgIpc) is 3.23. The zero-order valence-corrected chi connectivity index (χ0v) is 17.1. The Morgan fingerprint density at radius 1 is 0.929 bits per heavy atom. The van der Waals surface area contributed by atoms with E-state index in [4.69, 9.17) is 14.5 Å². The Labute approximate surface area is 170 Å². The van der Waals surface area contributed by atoms with Gasteiger partial charge in [-0.15, -0.1) is 11.3 Å². The number of anilines is 1. The number of rotatable bonds is 6. The third-order valence-electron chi connectivity index (χ3n) is 5.09. The molecule has 1 aromatic heterocycles. The molecule has 1 aliphatic rings. The van der Waals surface area contributed by atoms with E-state index in [2.05, 4.69) is 39.4 Å². The lowest BCUT2D eigenvalue weighted by Crippen LogP contribution is -2.46. The van der Waals surface area contributed by atoms with Crippen molar-refractivity contribution in [1.82, 2.24) is 9.88 Å². The number of ether oxygens (including phenoxy) is 2. The number of benzene rings is 2. The third-order valence-corrected chi connectivity index (χ3v) is 5.93. The van der Waals surface area contributed by atoms with Gasteiger partial charge >= 0.3 is 0 Å². The number of piperazine rings is 1. The maximum Gasteiger partial charge on any atom is 0.142 e. The molecule has 1 fully saturated rings. The molecule has 0 amide bonds. The maximum absolute atomic E-state index is 5.51. The third kappa shape index (κ3) is 4.13. The van der Waals surface area contributed by atoms with E-state index in [1.807, 2.05) is 24.3 Å². The summed E-state index contributed by atoms with van der Waals surface area (Å²) in [5.74, 6) is 1.81. The molecule has 0 saturated carbocycles. The summed E-state index contributed by atoms with van der Waals surface area (Å²) in [4.78, 5) is 9.71. The second kappa shape index (κ2) is 8.63. The lowest BCUT2D eigenvalue weighted by atomic mass is 10.2. The first-order valence-corrected chi connectivity index (χ1v) is 10.3. The van der Waals surface area contributed by atoms with Crippen LogP contribution in [0.5, 0.6) is 11.5 Å². The Balaban J connectivity index is 1.35. The monoisotopic (exact) mass is 395 g/mol. The largest absolute Gasteiger partial charge is 0.497 e. The molecule has 1 aliphatic heterocycles. The van der Waals surface area contributed by atoms with Crippen LogP contribution in [0.25, 0.3) is 11.3 Å². The smallest absolute Gasteiger partial charge is 0.142 e. The first kappa shape index (κ1) is 18.8. The van der Waals surface area contributed by atoms with E-state index in [0.29, 0.717) is 0 Å². The molecule has 2 heterocycles. The highest BCUT2D eigenvalue weighted by molar-refractivity contribution is 7.09. The highest BCUT2D eigenvalue weighted by Crippen LogP contribution is 2.29. The van der Waals surface area contributed by atoms with Crippen molar-refractivity contribution in [3.63, 3.8) is 0 Å². The number of nitrogens with zero attached hydrogens (tertiary/aromatic N) is 3. The lowest BCUT2D eigenvalue weighted by Gasteiger charge is -2.36. The van der Waals surface area contributed by atoms with Crippen LogP contribution in [0.1, 0.15) is 5.01 Å². The van der Waals surface area contributed by atoms with E-state index in [1.54, 1.807) is 25.6 Å². The Kier molecular flexibility index (Phi) is 5.78. The van der Waals surface area contributed by atoms with E-state index in [-0.39, 0.29) is 0 Å². The van der Waals surface area contributed by atoms with Crippen molar-refractivity contribution >= 4 is 17.0 Å². The van der Waals surface area contributed by atoms with E-state index >= 15 is 0 Å². The van der Waals surface area contributed by atoms with Crippen molar-refractivity contribution in [3.05, 3.63) is 58.9 Å². The van der Waals surface area contributed by atoms with Crippen LogP contribution in [0.3, 0.4) is 0 Å². The van der Waals surface area contributed by atoms with Crippen LogP contribution in [0.4, 0.5) is 5.69 Å². The van der Waals surface area contributed by atoms with Crippen LogP contribution in [-0.2, 0) is 6.54 Å². The van der Waals surface area contributed by atoms with Crippen LogP contribution in [-0.4, -0.2) is 50.3 Å². The Hall–Kier alpha value is -2.57. The number of hydrogen-bond acceptors (Lipinski definition) is 6. The van der Waals surface area contributed by atoms with E-state index in [9.17, 15) is 0 Å². The summed E-state index contributed by atoms with van der Waals surface area (Å²) < 4.78 is 10.7. The van der Waals surface area contributed by atoms with Gasteiger partial charge in [0.25, 0.3) is 0 Å². The van der Waals surface area contributed by atoms with Crippen LogP contribution in [0, 0.1) is 0 Å². The summed E-state index contributed by atoms with van der Waals surface area (Å²) in [6.45, 7) is 4.94. The number of methoxy groups -OCH3 is 2. The van der Waals surface area contributed by atoms with Crippen LogP contribution in [0.2, 0.25) is 0 Å². The standard InChI is InChI=1S/C22H25N3O2S/c1-26-18-9-7-17(8-10-18)19-16-28-22(23-19)15-24-11-13-25(14-12-24)20-5-3-4-6-21(20)27-2/h3-10,16H,11-15H2,1-2H3. The van der Waals surface area contributed by atoms with Gasteiger partial charge in [-0.25, -0.2) is 4.98 Å². The normalized spacial score (nSPS) is 14.9. The molecule has 28 heavy (non-hydrogen) atoms. The first-order chi connectivity index (χ1) is 13.8. The van der Waals surface area contributed by atoms with Crippen molar-refractivity contribution in [2.45, 2.75) is 6.54 Å². The molecule has 2 aromatic carbocycles. The summed E-state index contributed by atoms with van der Waals surface area (Å²) in [6.07, 6.45) is 0. The predicted octanol–water partition coefficient (Wildman–Crippen LogP) is 4.15. The molecular weight excluding hydrogens is 370 g/mol. The Morgan fingerprint density at radius 3 is 2.39 bits per heavy atom. The molecule has 146 valence electrons. The molecule has 0 aliphatic carbocycles. The van der Waals surface area contributed by atoms with E-state index in [0.717, 1.165) is 60.5 Å². The van der Waals surface area contributed by atoms with Crippen molar-refractivity contribution < 1.29 is 9.47 Å². The fraction of sp³-hybridized carbons (Fsp3) is 0.318. The summed E-state index contributed by atoms with van der Waals surface area (Å²) in [5.41, 5.74) is 3.35. The van der Waals surface area contributed by atoms with Gasteiger partial charge in [0.15, 0.2) is 0 Å². The van der Waals surface area contributed by atoms with Gasteiger partial charge in [-0.2, -0.15) is 0 Å². The fourth-order valence-electron chi connectivity index (χ4n) is 3.51. The topological polar surface area (TPSA) is 37.8 Å². The number of aromatic nitrogens is 1. The van der Waals surface area contributed by atoms with Crippen molar-refractivity contribution in [1.29, 1.82) is 0 Å². The van der Waals surface area contributed by atoms with E-state index < -0.39 is 0 Å². The quantitative estimate of drug-likeness (QED) is 0.627. The first-order valence-electron chi connectivity index (χ1n) is 9.46. The molecule has 3 aromatic rings. The number of hydrogen-bond donors (Lipinski definition) is 0. The molecular formula is C22H25N3O2S.